The van der Waals surface area contributed by atoms with Crippen LogP contribution in [-0.4, -0.2) is 23.9 Å². The summed E-state index contributed by atoms with van der Waals surface area (Å²) in [6.07, 6.45) is 15.6. The Labute approximate surface area is 105 Å². The lowest BCUT2D eigenvalue weighted by molar-refractivity contribution is -0.130. The van der Waals surface area contributed by atoms with Gasteiger partial charge in [-0.15, -0.1) is 13.0 Å². The van der Waals surface area contributed by atoms with Crippen LogP contribution >= 0.6 is 0 Å². The third kappa shape index (κ3) is 8.33. The van der Waals surface area contributed by atoms with Gasteiger partial charge in [-0.3, -0.25) is 4.79 Å². The van der Waals surface area contributed by atoms with Gasteiger partial charge in [-0.05, 0) is 32.6 Å². The number of unbranched alkanes of at least 4 members (excludes halogenated alkanes) is 2. The van der Waals surface area contributed by atoms with Crippen molar-refractivity contribution in [2.75, 3.05) is 13.1 Å². The van der Waals surface area contributed by atoms with E-state index < -0.39 is 0 Å². The standard InChI is InChI=1S/C15H23NO/c1-4-7-9-10-11-14-16(13-6-3)15(17)12-8-5-2/h3-5,7H,2,8-14H2,1H3/b7-4+. The minimum absolute atomic E-state index is 0.133. The van der Waals surface area contributed by atoms with Crippen LogP contribution < -0.4 is 0 Å². The van der Waals surface area contributed by atoms with Crippen LogP contribution in [0, 0.1) is 12.3 Å². The largest absolute Gasteiger partial charge is 0.332 e. The fourth-order valence-corrected chi connectivity index (χ4v) is 1.52. The third-order valence-corrected chi connectivity index (χ3v) is 2.48. The maximum atomic E-state index is 11.8. The van der Waals surface area contributed by atoms with Gasteiger partial charge in [-0.25, -0.2) is 0 Å². The molecule has 0 unspecified atom stereocenters. The molecule has 0 saturated carbocycles. The number of carbonyl (C=O) groups is 1. The van der Waals surface area contributed by atoms with Gasteiger partial charge < -0.3 is 4.90 Å². The number of rotatable bonds is 9. The lowest BCUT2D eigenvalue weighted by Gasteiger charge is -2.19. The van der Waals surface area contributed by atoms with Gasteiger partial charge in [-0.2, -0.15) is 0 Å². The lowest BCUT2D eigenvalue weighted by atomic mass is 10.2. The van der Waals surface area contributed by atoms with Crippen molar-refractivity contribution in [3.05, 3.63) is 24.8 Å². The van der Waals surface area contributed by atoms with Crippen molar-refractivity contribution in [3.8, 4) is 12.3 Å². The van der Waals surface area contributed by atoms with E-state index in [1.165, 1.54) is 0 Å². The lowest BCUT2D eigenvalue weighted by Crippen LogP contribution is -2.32. The molecule has 94 valence electrons. The van der Waals surface area contributed by atoms with E-state index >= 15 is 0 Å². The zero-order chi connectivity index (χ0) is 12.9. The number of terminal acetylenes is 1. The van der Waals surface area contributed by atoms with Gasteiger partial charge in [0.25, 0.3) is 0 Å². The van der Waals surface area contributed by atoms with Gasteiger partial charge in [-0.1, -0.05) is 24.1 Å². The Morgan fingerprint density at radius 3 is 2.76 bits per heavy atom. The molecule has 0 N–H and O–H groups in total. The molecule has 0 aliphatic carbocycles. The van der Waals surface area contributed by atoms with Gasteiger partial charge >= 0.3 is 0 Å². The first-order chi connectivity index (χ1) is 8.26. The van der Waals surface area contributed by atoms with E-state index in [-0.39, 0.29) is 5.91 Å². The smallest absolute Gasteiger partial charge is 0.223 e. The van der Waals surface area contributed by atoms with Gasteiger partial charge in [0, 0.05) is 13.0 Å². The molecule has 0 aliphatic rings. The number of hydrogen-bond donors (Lipinski definition) is 0. The monoisotopic (exact) mass is 233 g/mol. The van der Waals surface area contributed by atoms with E-state index in [4.69, 9.17) is 6.42 Å². The van der Waals surface area contributed by atoms with Crippen LogP contribution in [0.25, 0.3) is 0 Å². The molecule has 0 aliphatic heterocycles. The minimum atomic E-state index is 0.133. The maximum Gasteiger partial charge on any atom is 0.223 e. The summed E-state index contributed by atoms with van der Waals surface area (Å²) < 4.78 is 0. The molecule has 0 aromatic heterocycles. The molecule has 2 heteroatoms. The summed E-state index contributed by atoms with van der Waals surface area (Å²) in [6, 6.07) is 0. The highest BCUT2D eigenvalue weighted by Crippen LogP contribution is 2.03. The van der Waals surface area contributed by atoms with Crippen LogP contribution in [0.15, 0.2) is 24.8 Å². The molecule has 0 heterocycles. The average Bonchev–Trinajstić information content (AvgIpc) is 2.34. The quantitative estimate of drug-likeness (QED) is 0.340. The van der Waals surface area contributed by atoms with Crippen LogP contribution in [0.1, 0.15) is 39.0 Å². The molecule has 2 nitrogen and oxygen atoms in total. The second-order valence-electron chi connectivity index (χ2n) is 3.91. The number of carbonyl (C=O) groups excluding carboxylic acids is 1. The van der Waals surface area contributed by atoms with Crippen molar-refractivity contribution in [1.82, 2.24) is 4.90 Å². The summed E-state index contributed by atoms with van der Waals surface area (Å²) in [7, 11) is 0. The molecule has 0 fully saturated rings. The van der Waals surface area contributed by atoms with Gasteiger partial charge in [0.05, 0.1) is 6.54 Å². The van der Waals surface area contributed by atoms with E-state index in [0.29, 0.717) is 13.0 Å². The van der Waals surface area contributed by atoms with Gasteiger partial charge in [0.2, 0.25) is 5.91 Å². The van der Waals surface area contributed by atoms with Crippen LogP contribution in [-0.2, 0) is 4.79 Å². The van der Waals surface area contributed by atoms with Gasteiger partial charge in [0.15, 0.2) is 0 Å². The fraction of sp³-hybridized carbons (Fsp3) is 0.533. The van der Waals surface area contributed by atoms with Crippen molar-refractivity contribution >= 4 is 5.91 Å². The zero-order valence-corrected chi connectivity index (χ0v) is 10.8. The Hall–Kier alpha value is -1.49. The maximum absolute atomic E-state index is 11.8. The molecule has 0 aromatic rings. The van der Waals surface area contributed by atoms with Crippen molar-refractivity contribution in [3.63, 3.8) is 0 Å². The Morgan fingerprint density at radius 2 is 2.18 bits per heavy atom. The van der Waals surface area contributed by atoms with E-state index in [2.05, 4.69) is 24.7 Å². The van der Waals surface area contributed by atoms with E-state index in [1.807, 2.05) is 6.92 Å². The highest BCUT2D eigenvalue weighted by Gasteiger charge is 2.10. The molecule has 1 amide bonds. The average molecular weight is 233 g/mol. The first-order valence-corrected chi connectivity index (χ1v) is 6.19. The number of nitrogens with zero attached hydrogens (tertiary/aromatic N) is 1. The summed E-state index contributed by atoms with van der Waals surface area (Å²) in [6.45, 7) is 6.81. The predicted molar refractivity (Wildman–Crippen MR) is 73.5 cm³/mol. The molecular formula is C15H23NO. The minimum Gasteiger partial charge on any atom is -0.332 e. The van der Waals surface area contributed by atoms with Crippen LogP contribution in [0.5, 0.6) is 0 Å². The van der Waals surface area contributed by atoms with Crippen molar-refractivity contribution < 1.29 is 4.79 Å². The molecule has 0 bridgehead atoms. The Bertz CT molecular complexity index is 286. The topological polar surface area (TPSA) is 20.3 Å². The molecule has 0 aromatic carbocycles. The van der Waals surface area contributed by atoms with Crippen LogP contribution in [0.2, 0.25) is 0 Å². The summed E-state index contributed by atoms with van der Waals surface area (Å²) >= 11 is 0. The molecule has 0 spiro atoms. The summed E-state index contributed by atoms with van der Waals surface area (Å²) in [4.78, 5) is 13.5. The first-order valence-electron chi connectivity index (χ1n) is 6.19. The predicted octanol–water partition coefficient (Wildman–Crippen LogP) is 3.16. The Kier molecular flexibility index (Phi) is 10.0. The summed E-state index contributed by atoms with van der Waals surface area (Å²) in [5.74, 6) is 2.68. The van der Waals surface area contributed by atoms with Crippen LogP contribution in [0.3, 0.4) is 0 Å². The van der Waals surface area contributed by atoms with E-state index in [0.717, 1.165) is 32.2 Å². The second-order valence-corrected chi connectivity index (χ2v) is 3.91. The number of amides is 1. The Balaban J connectivity index is 3.92. The molecule has 0 rings (SSSR count). The normalized spacial score (nSPS) is 10.1. The fourth-order valence-electron chi connectivity index (χ4n) is 1.52. The third-order valence-electron chi connectivity index (χ3n) is 2.48. The molecule has 0 atom stereocenters. The van der Waals surface area contributed by atoms with Gasteiger partial charge in [0.1, 0.15) is 0 Å². The molecule has 17 heavy (non-hydrogen) atoms. The number of hydrogen-bond acceptors (Lipinski definition) is 1. The van der Waals surface area contributed by atoms with Crippen LogP contribution in [0.4, 0.5) is 0 Å². The van der Waals surface area contributed by atoms with Crippen molar-refractivity contribution in [2.45, 2.75) is 39.0 Å². The second kappa shape index (κ2) is 11.0. The first kappa shape index (κ1) is 15.5. The SMILES string of the molecule is C#CCN(CCCC/C=C/C)C(=O)CCC=C. The number of allylic oxidation sites excluding steroid dienone is 3. The zero-order valence-electron chi connectivity index (χ0n) is 10.8. The molecular weight excluding hydrogens is 210 g/mol. The molecule has 0 radical (unpaired) electrons. The summed E-state index contributed by atoms with van der Waals surface area (Å²) in [5.41, 5.74) is 0. The molecule has 0 saturated heterocycles. The van der Waals surface area contributed by atoms with Crippen molar-refractivity contribution in [1.29, 1.82) is 0 Å². The highest BCUT2D eigenvalue weighted by molar-refractivity contribution is 5.76. The highest BCUT2D eigenvalue weighted by atomic mass is 16.2. The van der Waals surface area contributed by atoms with Crippen molar-refractivity contribution in [2.24, 2.45) is 0 Å². The summed E-state index contributed by atoms with van der Waals surface area (Å²) in [5, 5.41) is 0. The Morgan fingerprint density at radius 1 is 1.41 bits per heavy atom. The van der Waals surface area contributed by atoms with E-state index in [1.54, 1.807) is 11.0 Å². The van der Waals surface area contributed by atoms with E-state index in [9.17, 15) is 4.79 Å².